The molecule has 0 bridgehead atoms. The van der Waals surface area contributed by atoms with E-state index in [0.717, 1.165) is 6.42 Å². The fraction of sp³-hybridized carbons (Fsp3) is 0.818. The number of aliphatic carboxylic acids is 2. The van der Waals surface area contributed by atoms with Gasteiger partial charge in [-0.1, -0.05) is 40.5 Å². The van der Waals surface area contributed by atoms with Crippen molar-refractivity contribution in [3.8, 4) is 0 Å². The van der Waals surface area contributed by atoms with E-state index in [4.69, 9.17) is 0 Å². The summed E-state index contributed by atoms with van der Waals surface area (Å²) in [6.45, 7) is 6.61. The fourth-order valence-corrected chi connectivity index (χ4v) is 1.72. The van der Waals surface area contributed by atoms with Gasteiger partial charge in [0, 0.05) is 0 Å². The second kappa shape index (κ2) is 8.27. The maximum atomic E-state index is 11.1. The van der Waals surface area contributed by atoms with E-state index in [-0.39, 0.29) is 44.1 Å². The SMILES string of the molecule is CCCCC(C(=O)[O-])(C(=O)[O-])C(C)(C)C.[Li+].[Li+]. The van der Waals surface area contributed by atoms with Crippen LogP contribution in [0.4, 0.5) is 0 Å². The molecule has 88 valence electrons. The number of carbonyl (C=O) groups excluding carboxylic acids is 2. The first-order valence-electron chi connectivity index (χ1n) is 5.13. The minimum absolute atomic E-state index is 0. The Kier molecular flexibility index (Phi) is 10.9. The van der Waals surface area contributed by atoms with Gasteiger partial charge in [0.2, 0.25) is 0 Å². The molecule has 0 aliphatic carbocycles. The Morgan fingerprint density at radius 2 is 1.35 bits per heavy atom. The van der Waals surface area contributed by atoms with Gasteiger partial charge in [-0.2, -0.15) is 0 Å². The van der Waals surface area contributed by atoms with E-state index in [1.807, 2.05) is 6.92 Å². The van der Waals surface area contributed by atoms with Gasteiger partial charge in [0.1, 0.15) is 0 Å². The standard InChI is InChI=1S/C11H20O4.2Li/c1-5-6-7-11(8(12)13,9(14)15)10(2,3)4;;/h5-7H2,1-4H3,(H,12,13)(H,14,15);;/q;2*+1/p-2. The average Bonchev–Trinajstić information content (AvgIpc) is 2.01. The van der Waals surface area contributed by atoms with Gasteiger partial charge in [0.25, 0.3) is 0 Å². The minimum Gasteiger partial charge on any atom is -0.549 e. The molecule has 0 amide bonds. The minimum atomic E-state index is -1.90. The molecule has 4 nitrogen and oxygen atoms in total. The summed E-state index contributed by atoms with van der Waals surface area (Å²) < 4.78 is 0. The van der Waals surface area contributed by atoms with Crippen LogP contribution in [0.1, 0.15) is 47.0 Å². The second-order valence-corrected chi connectivity index (χ2v) is 4.83. The molecule has 0 saturated carbocycles. The van der Waals surface area contributed by atoms with Crippen LogP contribution in [0.3, 0.4) is 0 Å². The van der Waals surface area contributed by atoms with E-state index in [0.29, 0.717) is 6.42 Å². The Labute approximate surface area is 127 Å². The Morgan fingerprint density at radius 1 is 1.00 bits per heavy atom. The number of hydrogen-bond donors (Lipinski definition) is 0. The van der Waals surface area contributed by atoms with Gasteiger partial charge in [-0.25, -0.2) is 0 Å². The first-order chi connectivity index (χ1) is 6.70. The first kappa shape index (κ1) is 22.3. The maximum absolute atomic E-state index is 11.1. The molecule has 0 saturated heterocycles. The third-order valence-electron chi connectivity index (χ3n) is 2.88. The van der Waals surface area contributed by atoms with Gasteiger partial charge < -0.3 is 19.8 Å². The molecule has 0 aromatic rings. The fourth-order valence-electron chi connectivity index (χ4n) is 1.72. The van der Waals surface area contributed by atoms with E-state index < -0.39 is 22.8 Å². The van der Waals surface area contributed by atoms with Crippen LogP contribution in [0.25, 0.3) is 0 Å². The Bertz CT molecular complexity index is 245. The van der Waals surface area contributed by atoms with Crippen LogP contribution in [0.2, 0.25) is 0 Å². The number of carbonyl (C=O) groups is 2. The van der Waals surface area contributed by atoms with E-state index in [2.05, 4.69) is 0 Å². The topological polar surface area (TPSA) is 80.3 Å². The van der Waals surface area contributed by atoms with Crippen molar-refractivity contribution >= 4 is 11.9 Å². The van der Waals surface area contributed by atoms with Crippen molar-refractivity contribution < 1.29 is 57.5 Å². The molecule has 0 aromatic heterocycles. The number of rotatable bonds is 5. The summed E-state index contributed by atoms with van der Waals surface area (Å²) in [6, 6.07) is 0. The maximum Gasteiger partial charge on any atom is 1.00 e. The zero-order chi connectivity index (χ0) is 12.3. The van der Waals surface area contributed by atoms with Crippen LogP contribution in [-0.2, 0) is 9.59 Å². The Balaban J connectivity index is -0.000000980. The molecule has 0 N–H and O–H groups in total. The number of carboxylic acid groups (broad SMARTS) is 2. The second-order valence-electron chi connectivity index (χ2n) is 4.83. The van der Waals surface area contributed by atoms with Crippen LogP contribution < -0.4 is 47.9 Å². The van der Waals surface area contributed by atoms with E-state index >= 15 is 0 Å². The number of carboxylic acids is 2. The molecule has 0 unspecified atom stereocenters. The van der Waals surface area contributed by atoms with Crippen molar-refractivity contribution in [2.75, 3.05) is 0 Å². The molecule has 17 heavy (non-hydrogen) atoms. The summed E-state index contributed by atoms with van der Waals surface area (Å²) >= 11 is 0. The average molecular weight is 228 g/mol. The first-order valence-corrected chi connectivity index (χ1v) is 5.13. The van der Waals surface area contributed by atoms with Crippen molar-refractivity contribution in [3.05, 3.63) is 0 Å². The zero-order valence-corrected chi connectivity index (χ0v) is 11.8. The molecule has 0 atom stereocenters. The smallest absolute Gasteiger partial charge is 0.549 e. The summed E-state index contributed by atoms with van der Waals surface area (Å²) in [4.78, 5) is 22.2. The van der Waals surface area contributed by atoms with Gasteiger partial charge in [-0.05, 0) is 11.8 Å². The van der Waals surface area contributed by atoms with Crippen molar-refractivity contribution in [1.82, 2.24) is 0 Å². The molecule has 0 heterocycles. The Hall–Kier alpha value is 0.135. The van der Waals surface area contributed by atoms with Crippen molar-refractivity contribution in [2.24, 2.45) is 10.8 Å². The summed E-state index contributed by atoms with van der Waals surface area (Å²) in [5.74, 6) is -3.10. The van der Waals surface area contributed by atoms with Gasteiger partial charge in [-0.3, -0.25) is 0 Å². The number of hydrogen-bond acceptors (Lipinski definition) is 4. The van der Waals surface area contributed by atoms with Crippen LogP contribution in [0.5, 0.6) is 0 Å². The molecular formula is C11H18Li2O4. The summed E-state index contributed by atoms with van der Waals surface area (Å²) in [7, 11) is 0. The zero-order valence-electron chi connectivity index (χ0n) is 11.8. The predicted molar refractivity (Wildman–Crippen MR) is 51.4 cm³/mol. The van der Waals surface area contributed by atoms with E-state index in [1.165, 1.54) is 0 Å². The van der Waals surface area contributed by atoms with Gasteiger partial charge in [0.15, 0.2) is 0 Å². The molecule has 0 aromatic carbocycles. The summed E-state index contributed by atoms with van der Waals surface area (Å²) in [5, 5.41) is 22.2. The van der Waals surface area contributed by atoms with E-state index in [9.17, 15) is 19.8 Å². The third kappa shape index (κ3) is 4.72. The normalized spacial score (nSPS) is 11.1. The summed E-state index contributed by atoms with van der Waals surface area (Å²) in [6.07, 6.45) is 1.31. The van der Waals surface area contributed by atoms with Gasteiger partial charge >= 0.3 is 37.7 Å². The molecule has 0 spiro atoms. The van der Waals surface area contributed by atoms with Crippen molar-refractivity contribution in [1.29, 1.82) is 0 Å². The largest absolute Gasteiger partial charge is 1.00 e. The Morgan fingerprint density at radius 3 is 1.53 bits per heavy atom. The molecule has 6 heteroatoms. The number of unbranched alkanes of at least 4 members (excludes halogenated alkanes) is 1. The van der Waals surface area contributed by atoms with Crippen LogP contribution in [-0.4, -0.2) is 11.9 Å². The van der Waals surface area contributed by atoms with Crippen LogP contribution in [0, 0.1) is 10.8 Å². The molecule has 0 aliphatic heterocycles. The van der Waals surface area contributed by atoms with Crippen LogP contribution >= 0.6 is 0 Å². The molecule has 0 radical (unpaired) electrons. The molecule has 0 aliphatic rings. The quantitative estimate of drug-likeness (QED) is 0.346. The van der Waals surface area contributed by atoms with E-state index in [1.54, 1.807) is 20.8 Å². The van der Waals surface area contributed by atoms with Crippen LogP contribution in [0.15, 0.2) is 0 Å². The summed E-state index contributed by atoms with van der Waals surface area (Å²) in [5.41, 5.74) is -2.82. The van der Waals surface area contributed by atoms with Crippen molar-refractivity contribution in [3.63, 3.8) is 0 Å². The van der Waals surface area contributed by atoms with Crippen molar-refractivity contribution in [2.45, 2.75) is 47.0 Å². The predicted octanol–water partition coefficient (Wildman–Crippen LogP) is -6.28. The van der Waals surface area contributed by atoms with Gasteiger partial charge in [-0.15, -0.1) is 0 Å². The monoisotopic (exact) mass is 228 g/mol. The molecular weight excluding hydrogens is 210 g/mol. The third-order valence-corrected chi connectivity index (χ3v) is 2.88. The molecule has 0 rings (SSSR count). The molecule has 0 fully saturated rings. The van der Waals surface area contributed by atoms with Gasteiger partial charge in [0.05, 0.1) is 17.4 Å².